The molecule has 0 aliphatic carbocycles. The van der Waals surface area contributed by atoms with E-state index in [9.17, 15) is 14.7 Å². The number of hydrogen-bond donors (Lipinski definition) is 0. The standard InChI is InChI=1S/C21H19NO5S2/c1-26-16-9-8-14(11-17(16)27-2)12-18-19(23)22(21(28)29-18)15(20(24)25)10-13-6-4-3-5-7-13/h3-9,11-12,15H,10H2,1-2H3,(H,24,25)/p-1/b18-12-/t15-/m1/s1. The zero-order chi connectivity index (χ0) is 21.0. The van der Waals surface area contributed by atoms with Crippen LogP contribution in [-0.2, 0) is 16.0 Å². The van der Waals surface area contributed by atoms with E-state index in [1.165, 1.54) is 14.2 Å². The van der Waals surface area contributed by atoms with Crippen LogP contribution < -0.4 is 14.6 Å². The van der Waals surface area contributed by atoms with E-state index in [4.69, 9.17) is 21.7 Å². The summed E-state index contributed by atoms with van der Waals surface area (Å²) in [5.41, 5.74) is 1.48. The number of amides is 1. The van der Waals surface area contributed by atoms with Crippen LogP contribution in [0.25, 0.3) is 6.08 Å². The van der Waals surface area contributed by atoms with Gasteiger partial charge in [0.2, 0.25) is 0 Å². The van der Waals surface area contributed by atoms with Crippen LogP contribution in [0.15, 0.2) is 53.4 Å². The Bertz CT molecular complexity index is 974. The largest absolute Gasteiger partial charge is 0.548 e. The lowest BCUT2D eigenvalue weighted by atomic mass is 10.0. The minimum absolute atomic E-state index is 0.110. The Kier molecular flexibility index (Phi) is 6.56. The number of methoxy groups -OCH3 is 2. The molecule has 1 heterocycles. The molecule has 6 nitrogen and oxygen atoms in total. The number of thiocarbonyl (C=S) groups is 1. The summed E-state index contributed by atoms with van der Waals surface area (Å²) in [5.74, 6) is -0.720. The molecule has 3 rings (SSSR count). The van der Waals surface area contributed by atoms with Crippen molar-refractivity contribution in [3.05, 3.63) is 64.6 Å². The monoisotopic (exact) mass is 428 g/mol. The van der Waals surface area contributed by atoms with E-state index < -0.39 is 17.9 Å². The molecule has 0 spiro atoms. The van der Waals surface area contributed by atoms with Gasteiger partial charge in [-0.2, -0.15) is 0 Å². The molecule has 1 saturated heterocycles. The maximum atomic E-state index is 12.9. The number of aliphatic carboxylic acids is 1. The van der Waals surface area contributed by atoms with E-state index in [-0.39, 0.29) is 10.7 Å². The second-order valence-electron chi connectivity index (χ2n) is 6.19. The summed E-state index contributed by atoms with van der Waals surface area (Å²) in [5, 5.41) is 11.8. The van der Waals surface area contributed by atoms with Crippen molar-refractivity contribution in [2.75, 3.05) is 14.2 Å². The van der Waals surface area contributed by atoms with E-state index in [1.807, 2.05) is 18.2 Å². The van der Waals surface area contributed by atoms with Crippen LogP contribution in [0.5, 0.6) is 11.5 Å². The summed E-state index contributed by atoms with van der Waals surface area (Å²) in [7, 11) is 3.06. The maximum Gasteiger partial charge on any atom is 0.266 e. The normalized spacial score (nSPS) is 16.2. The number of ether oxygens (including phenoxy) is 2. The van der Waals surface area contributed by atoms with Gasteiger partial charge < -0.3 is 19.4 Å². The van der Waals surface area contributed by atoms with Crippen molar-refractivity contribution in [1.29, 1.82) is 0 Å². The molecule has 0 saturated carbocycles. The van der Waals surface area contributed by atoms with E-state index in [2.05, 4.69) is 0 Å². The molecule has 8 heteroatoms. The zero-order valence-corrected chi connectivity index (χ0v) is 17.4. The van der Waals surface area contributed by atoms with Crippen molar-refractivity contribution in [3.8, 4) is 11.5 Å². The number of benzene rings is 2. The third-order valence-electron chi connectivity index (χ3n) is 4.38. The smallest absolute Gasteiger partial charge is 0.266 e. The first-order valence-electron chi connectivity index (χ1n) is 8.68. The first-order chi connectivity index (χ1) is 13.9. The topological polar surface area (TPSA) is 78.9 Å². The molecule has 2 aromatic rings. The molecule has 0 bridgehead atoms. The minimum Gasteiger partial charge on any atom is -0.548 e. The molecule has 150 valence electrons. The quantitative estimate of drug-likeness (QED) is 0.494. The van der Waals surface area contributed by atoms with Crippen LogP contribution in [0.1, 0.15) is 11.1 Å². The molecule has 1 aliphatic rings. The predicted molar refractivity (Wildman–Crippen MR) is 113 cm³/mol. The lowest BCUT2D eigenvalue weighted by Gasteiger charge is -2.27. The Balaban J connectivity index is 1.88. The molecule has 2 aromatic carbocycles. The maximum absolute atomic E-state index is 12.9. The van der Waals surface area contributed by atoms with E-state index in [0.717, 1.165) is 22.2 Å². The number of nitrogens with zero attached hydrogens (tertiary/aromatic N) is 1. The van der Waals surface area contributed by atoms with Gasteiger partial charge in [-0.3, -0.25) is 9.69 Å². The number of carbonyl (C=O) groups excluding carboxylic acids is 2. The highest BCUT2D eigenvalue weighted by Crippen LogP contribution is 2.36. The molecule has 1 fully saturated rings. The van der Waals surface area contributed by atoms with Crippen LogP contribution >= 0.6 is 24.0 Å². The summed E-state index contributed by atoms with van der Waals surface area (Å²) in [6.07, 6.45) is 1.76. The van der Waals surface area contributed by atoms with E-state index in [1.54, 1.807) is 36.4 Å². The van der Waals surface area contributed by atoms with Gasteiger partial charge in [0.05, 0.1) is 31.1 Å². The highest BCUT2D eigenvalue weighted by atomic mass is 32.2. The molecular formula is C21H18NO5S2-. The summed E-state index contributed by atoms with van der Waals surface area (Å²) < 4.78 is 10.7. The summed E-state index contributed by atoms with van der Waals surface area (Å²) >= 11 is 6.36. The van der Waals surface area contributed by atoms with Crippen molar-refractivity contribution < 1.29 is 24.2 Å². The van der Waals surface area contributed by atoms with Crippen molar-refractivity contribution >= 4 is 46.3 Å². The Morgan fingerprint density at radius 3 is 2.48 bits per heavy atom. The first kappa shape index (κ1) is 20.9. The van der Waals surface area contributed by atoms with Gasteiger partial charge >= 0.3 is 0 Å². The molecular weight excluding hydrogens is 410 g/mol. The van der Waals surface area contributed by atoms with E-state index in [0.29, 0.717) is 22.0 Å². The summed E-state index contributed by atoms with van der Waals surface area (Å²) in [4.78, 5) is 26.2. The SMILES string of the molecule is COc1ccc(/C=C2\SC(=S)N([C@H](Cc3ccccc3)C(=O)[O-])C2=O)cc1OC. The van der Waals surface area contributed by atoms with Gasteiger partial charge in [0, 0.05) is 0 Å². The highest BCUT2D eigenvalue weighted by Gasteiger charge is 2.37. The number of carboxylic acids is 1. The van der Waals surface area contributed by atoms with Gasteiger partial charge in [0.15, 0.2) is 11.5 Å². The van der Waals surface area contributed by atoms with Crippen molar-refractivity contribution in [2.45, 2.75) is 12.5 Å². The Morgan fingerprint density at radius 2 is 1.86 bits per heavy atom. The minimum atomic E-state index is -1.35. The fourth-order valence-corrected chi connectivity index (χ4v) is 4.32. The third-order valence-corrected chi connectivity index (χ3v) is 5.71. The van der Waals surface area contributed by atoms with E-state index >= 15 is 0 Å². The Labute approximate surface area is 178 Å². The number of thioether (sulfide) groups is 1. The average Bonchev–Trinajstić information content (AvgIpc) is 2.99. The summed E-state index contributed by atoms with van der Waals surface area (Å²) in [6, 6.07) is 13.1. The molecule has 29 heavy (non-hydrogen) atoms. The summed E-state index contributed by atoms with van der Waals surface area (Å²) in [6.45, 7) is 0. The molecule has 1 aliphatic heterocycles. The van der Waals surface area contributed by atoms with Gasteiger partial charge in [-0.25, -0.2) is 0 Å². The fraction of sp³-hybridized carbons (Fsp3) is 0.190. The first-order valence-corrected chi connectivity index (χ1v) is 9.91. The van der Waals surface area contributed by atoms with Gasteiger partial charge in [-0.15, -0.1) is 0 Å². The van der Waals surface area contributed by atoms with Gasteiger partial charge in [0.1, 0.15) is 4.32 Å². The van der Waals surface area contributed by atoms with Crippen LogP contribution in [0, 0.1) is 0 Å². The molecule has 0 unspecified atom stereocenters. The number of hydrogen-bond acceptors (Lipinski definition) is 7. The molecule has 0 aromatic heterocycles. The van der Waals surface area contributed by atoms with Crippen molar-refractivity contribution in [2.24, 2.45) is 0 Å². The zero-order valence-electron chi connectivity index (χ0n) is 15.8. The van der Waals surface area contributed by atoms with Crippen LogP contribution in [-0.4, -0.2) is 41.4 Å². The Hall–Kier alpha value is -2.84. The number of carboxylic acid groups (broad SMARTS) is 1. The predicted octanol–water partition coefficient (Wildman–Crippen LogP) is 2.27. The average molecular weight is 429 g/mol. The molecule has 1 atom stereocenters. The molecule has 0 N–H and O–H groups in total. The van der Waals surface area contributed by atoms with Crippen LogP contribution in [0.4, 0.5) is 0 Å². The van der Waals surface area contributed by atoms with Gasteiger partial charge in [0.25, 0.3) is 5.91 Å². The third kappa shape index (κ3) is 4.60. The second kappa shape index (κ2) is 9.11. The van der Waals surface area contributed by atoms with Crippen LogP contribution in [0.2, 0.25) is 0 Å². The van der Waals surface area contributed by atoms with Crippen LogP contribution in [0.3, 0.4) is 0 Å². The van der Waals surface area contributed by atoms with Crippen molar-refractivity contribution in [1.82, 2.24) is 4.90 Å². The lowest BCUT2D eigenvalue weighted by Crippen LogP contribution is -2.51. The molecule has 0 radical (unpaired) electrons. The van der Waals surface area contributed by atoms with Crippen molar-refractivity contribution in [3.63, 3.8) is 0 Å². The van der Waals surface area contributed by atoms with Gasteiger partial charge in [-0.05, 0) is 35.8 Å². The fourth-order valence-electron chi connectivity index (χ4n) is 2.96. The number of rotatable bonds is 7. The molecule has 1 amide bonds. The Morgan fingerprint density at radius 1 is 1.17 bits per heavy atom. The lowest BCUT2D eigenvalue weighted by molar-refractivity contribution is -0.310. The highest BCUT2D eigenvalue weighted by molar-refractivity contribution is 8.26. The van der Waals surface area contributed by atoms with Gasteiger partial charge in [-0.1, -0.05) is 60.4 Å². The number of carbonyl (C=O) groups is 2. The second-order valence-corrected chi connectivity index (χ2v) is 7.87.